The van der Waals surface area contributed by atoms with Crippen molar-refractivity contribution in [1.29, 1.82) is 0 Å². The van der Waals surface area contributed by atoms with Gasteiger partial charge in [-0.1, -0.05) is 6.92 Å². The maximum absolute atomic E-state index is 13.5. The Kier molecular flexibility index (Phi) is 8.66. The van der Waals surface area contributed by atoms with Crippen LogP contribution in [0.4, 0.5) is 4.39 Å². The van der Waals surface area contributed by atoms with Crippen molar-refractivity contribution >= 4 is 11.8 Å². The number of benzene rings is 1. The summed E-state index contributed by atoms with van der Waals surface area (Å²) in [4.78, 5) is 28.2. The molecule has 3 N–H and O–H groups in total. The molecule has 7 nitrogen and oxygen atoms in total. The van der Waals surface area contributed by atoms with Gasteiger partial charge >= 0.3 is 0 Å². The minimum absolute atomic E-state index is 0.0168. The molecule has 1 fully saturated rings. The number of piperazine rings is 1. The number of likely N-dealkylation sites (N-methyl/N-ethyl adjacent to an activating group) is 1. The summed E-state index contributed by atoms with van der Waals surface area (Å²) in [6.07, 6.45) is 0.877. The zero-order valence-corrected chi connectivity index (χ0v) is 17.1. The number of rotatable bonds is 9. The lowest BCUT2D eigenvalue weighted by atomic mass is 10.1. The SMILES string of the molecule is CCCNC(=O)CN(C)C(=O)C[NH+]1CC[NH+](Cc2cc(F)ccc2OC)CC1. The number of methoxy groups -OCH3 is 1. The second kappa shape index (κ2) is 11.0. The van der Waals surface area contributed by atoms with Crippen molar-refractivity contribution < 1.29 is 28.5 Å². The number of carbonyl (C=O) groups excluding carboxylic acids is 2. The first-order valence-corrected chi connectivity index (χ1v) is 9.93. The third kappa shape index (κ3) is 6.76. The Morgan fingerprint density at radius 2 is 1.89 bits per heavy atom. The smallest absolute Gasteiger partial charge is 0.277 e. The first kappa shape index (κ1) is 22.1. The van der Waals surface area contributed by atoms with Crippen molar-refractivity contribution in [2.75, 3.05) is 60.0 Å². The van der Waals surface area contributed by atoms with Crippen molar-refractivity contribution in [3.05, 3.63) is 29.6 Å². The summed E-state index contributed by atoms with van der Waals surface area (Å²) in [7, 11) is 3.27. The van der Waals surface area contributed by atoms with Gasteiger partial charge in [0.05, 0.1) is 19.2 Å². The van der Waals surface area contributed by atoms with E-state index in [2.05, 4.69) is 5.32 Å². The molecule has 1 aliphatic rings. The molecule has 0 radical (unpaired) electrons. The van der Waals surface area contributed by atoms with Gasteiger partial charge in [0.2, 0.25) is 5.91 Å². The van der Waals surface area contributed by atoms with Gasteiger partial charge in [-0.25, -0.2) is 4.39 Å². The Morgan fingerprint density at radius 1 is 1.21 bits per heavy atom. The van der Waals surface area contributed by atoms with Crippen LogP contribution in [0.1, 0.15) is 18.9 Å². The molecule has 1 aromatic rings. The summed E-state index contributed by atoms with van der Waals surface area (Å²) in [5, 5.41) is 2.78. The lowest BCUT2D eigenvalue weighted by molar-refractivity contribution is -1.02. The van der Waals surface area contributed by atoms with E-state index in [1.807, 2.05) is 6.92 Å². The zero-order valence-electron chi connectivity index (χ0n) is 17.1. The van der Waals surface area contributed by atoms with E-state index in [1.54, 1.807) is 20.2 Å². The Morgan fingerprint density at radius 3 is 2.54 bits per heavy atom. The predicted molar refractivity (Wildman–Crippen MR) is 104 cm³/mol. The molecule has 0 saturated carbocycles. The normalized spacial score (nSPS) is 19.1. The number of quaternary nitrogens is 2. The van der Waals surface area contributed by atoms with Crippen molar-refractivity contribution in [3.8, 4) is 5.75 Å². The molecule has 156 valence electrons. The number of nitrogens with zero attached hydrogens (tertiary/aromatic N) is 1. The maximum Gasteiger partial charge on any atom is 0.277 e. The summed E-state index contributed by atoms with van der Waals surface area (Å²) in [5.74, 6) is 0.320. The number of halogens is 1. The molecule has 0 atom stereocenters. The average molecular weight is 397 g/mol. The molecule has 0 aromatic heterocycles. The highest BCUT2D eigenvalue weighted by atomic mass is 19.1. The molecule has 0 spiro atoms. The van der Waals surface area contributed by atoms with Crippen LogP contribution in [0, 0.1) is 5.82 Å². The summed E-state index contributed by atoms with van der Waals surface area (Å²) >= 11 is 0. The number of amides is 2. The van der Waals surface area contributed by atoms with E-state index in [1.165, 1.54) is 26.8 Å². The molecule has 0 unspecified atom stereocenters. The molecule has 2 rings (SSSR count). The summed E-state index contributed by atoms with van der Waals surface area (Å²) in [6, 6.07) is 4.61. The monoisotopic (exact) mass is 396 g/mol. The second-order valence-corrected chi connectivity index (χ2v) is 7.41. The fourth-order valence-corrected chi connectivity index (χ4v) is 3.44. The van der Waals surface area contributed by atoms with Crippen LogP contribution in [0.15, 0.2) is 18.2 Å². The summed E-state index contributed by atoms with van der Waals surface area (Å²) < 4.78 is 18.9. The number of hydrogen-bond acceptors (Lipinski definition) is 3. The maximum atomic E-state index is 13.5. The minimum atomic E-state index is -0.254. The van der Waals surface area contributed by atoms with Crippen LogP contribution in [-0.2, 0) is 16.1 Å². The Balaban J connectivity index is 1.77. The fraction of sp³-hybridized carbons (Fsp3) is 0.600. The van der Waals surface area contributed by atoms with Gasteiger partial charge in [0.25, 0.3) is 5.91 Å². The Labute approximate surface area is 166 Å². The molecule has 1 saturated heterocycles. The third-order valence-corrected chi connectivity index (χ3v) is 5.13. The summed E-state index contributed by atoms with van der Waals surface area (Å²) in [5.41, 5.74) is 0.870. The van der Waals surface area contributed by atoms with Gasteiger partial charge < -0.3 is 24.8 Å². The van der Waals surface area contributed by atoms with E-state index >= 15 is 0 Å². The fourth-order valence-electron chi connectivity index (χ4n) is 3.44. The van der Waals surface area contributed by atoms with Crippen molar-refractivity contribution in [1.82, 2.24) is 10.2 Å². The molecule has 1 heterocycles. The molecule has 1 aromatic carbocycles. The second-order valence-electron chi connectivity index (χ2n) is 7.41. The third-order valence-electron chi connectivity index (χ3n) is 5.13. The van der Waals surface area contributed by atoms with Crippen molar-refractivity contribution in [2.45, 2.75) is 19.9 Å². The Hall–Kier alpha value is -2.19. The minimum Gasteiger partial charge on any atom is -0.496 e. The van der Waals surface area contributed by atoms with Gasteiger partial charge in [-0.2, -0.15) is 0 Å². The molecule has 0 bridgehead atoms. The largest absolute Gasteiger partial charge is 0.496 e. The number of ether oxygens (including phenoxy) is 1. The van der Waals surface area contributed by atoms with Crippen LogP contribution in [0.25, 0.3) is 0 Å². The lowest BCUT2D eigenvalue weighted by Gasteiger charge is -2.30. The number of hydrogen-bond donors (Lipinski definition) is 3. The molecular weight excluding hydrogens is 363 g/mol. The van der Waals surface area contributed by atoms with E-state index in [-0.39, 0.29) is 24.2 Å². The molecule has 0 aliphatic carbocycles. The highest BCUT2D eigenvalue weighted by molar-refractivity contribution is 5.84. The average Bonchev–Trinajstić information content (AvgIpc) is 2.68. The lowest BCUT2D eigenvalue weighted by Crippen LogP contribution is -3.28. The predicted octanol–water partition coefficient (Wildman–Crippen LogP) is -1.90. The van der Waals surface area contributed by atoms with Crippen LogP contribution in [0.5, 0.6) is 5.75 Å². The highest BCUT2D eigenvalue weighted by Crippen LogP contribution is 2.18. The van der Waals surface area contributed by atoms with E-state index in [0.717, 1.165) is 38.2 Å². The molecule has 1 aliphatic heterocycles. The van der Waals surface area contributed by atoms with Gasteiger partial charge in [0.15, 0.2) is 6.54 Å². The van der Waals surface area contributed by atoms with Gasteiger partial charge in [-0.15, -0.1) is 0 Å². The van der Waals surface area contributed by atoms with Gasteiger partial charge in [0.1, 0.15) is 44.3 Å². The molecular formula is C20H33FN4O3+2. The van der Waals surface area contributed by atoms with E-state index in [4.69, 9.17) is 4.74 Å². The highest BCUT2D eigenvalue weighted by Gasteiger charge is 2.27. The van der Waals surface area contributed by atoms with Crippen LogP contribution in [-0.4, -0.2) is 76.7 Å². The van der Waals surface area contributed by atoms with Crippen molar-refractivity contribution in [2.24, 2.45) is 0 Å². The topological polar surface area (TPSA) is 67.5 Å². The van der Waals surface area contributed by atoms with Gasteiger partial charge in [0, 0.05) is 13.6 Å². The van der Waals surface area contributed by atoms with E-state index < -0.39 is 0 Å². The number of carbonyl (C=O) groups is 2. The molecule has 2 amide bonds. The zero-order chi connectivity index (χ0) is 20.5. The quantitative estimate of drug-likeness (QED) is 0.457. The van der Waals surface area contributed by atoms with Crippen LogP contribution >= 0.6 is 0 Å². The van der Waals surface area contributed by atoms with Crippen molar-refractivity contribution in [3.63, 3.8) is 0 Å². The molecule has 28 heavy (non-hydrogen) atoms. The number of nitrogens with one attached hydrogen (secondary N) is 3. The van der Waals surface area contributed by atoms with Gasteiger partial charge in [-0.05, 0) is 24.6 Å². The summed E-state index contributed by atoms with van der Waals surface area (Å²) in [6.45, 7) is 7.38. The van der Waals surface area contributed by atoms with Crippen LogP contribution in [0.2, 0.25) is 0 Å². The van der Waals surface area contributed by atoms with Crippen LogP contribution < -0.4 is 19.9 Å². The first-order valence-electron chi connectivity index (χ1n) is 9.93. The Bertz CT molecular complexity index is 663. The van der Waals surface area contributed by atoms with Gasteiger partial charge in [-0.3, -0.25) is 9.59 Å². The van der Waals surface area contributed by atoms with E-state index in [9.17, 15) is 14.0 Å². The first-order chi connectivity index (χ1) is 13.4. The van der Waals surface area contributed by atoms with E-state index in [0.29, 0.717) is 25.4 Å². The standard InChI is InChI=1S/C20H31FN4O3/c1-4-7-22-19(26)14-23(2)20(27)15-25-10-8-24(9-11-25)13-16-12-17(21)5-6-18(16)28-3/h5-6,12H,4,7-11,13-15H2,1-3H3,(H,22,26)/p+2. The van der Waals surface area contributed by atoms with Crippen LogP contribution in [0.3, 0.4) is 0 Å². The molecule has 8 heteroatoms.